The Morgan fingerprint density at radius 2 is 1.63 bits per heavy atom. The number of ether oxygens (including phenoxy) is 5. The highest BCUT2D eigenvalue weighted by Crippen LogP contribution is 2.66. The molecule has 0 aliphatic carbocycles. The molecule has 32 nitrogen and oxygen atoms in total. The molecule has 8 heterocycles. The maximum Gasteiger partial charge on any atom is 0.490 e. The first kappa shape index (κ1) is 64.4. The van der Waals surface area contributed by atoms with Gasteiger partial charge in [-0.05, 0) is 115 Å². The van der Waals surface area contributed by atoms with Crippen molar-refractivity contribution in [2.75, 3.05) is 69.9 Å². The predicted molar refractivity (Wildman–Crippen MR) is 327 cm³/mol. The lowest BCUT2D eigenvalue weighted by Gasteiger charge is -2.39. The molecule has 0 saturated carbocycles. The maximum absolute atomic E-state index is 14.2. The third-order valence-corrected chi connectivity index (χ3v) is 20.4. The number of hydrogen-bond donors (Lipinski definition) is 7. The quantitative estimate of drug-likeness (QED) is 0.00575. The summed E-state index contributed by atoms with van der Waals surface area (Å²) in [7, 11) is -17.1. The molecule has 8 N–H and O–H groups in total. The number of nitrogens with one attached hydrogen (secondary N) is 1. The number of rotatable bonds is 22. The van der Waals surface area contributed by atoms with Gasteiger partial charge in [-0.25, -0.2) is 37.8 Å². The molecule has 1 fully saturated rings. The van der Waals surface area contributed by atoms with Gasteiger partial charge in [-0.1, -0.05) is 22.1 Å². The number of amides is 1. The van der Waals surface area contributed by atoms with Crippen LogP contribution in [-0.2, 0) is 73.3 Å². The van der Waals surface area contributed by atoms with E-state index in [0.717, 1.165) is 123 Å². The van der Waals surface area contributed by atoms with Crippen LogP contribution < -0.4 is 40.6 Å². The summed E-state index contributed by atoms with van der Waals surface area (Å²) in [5, 5.41) is 23.0. The van der Waals surface area contributed by atoms with E-state index in [2.05, 4.69) is 77.4 Å². The fraction of sp³-hybridized carbons (Fsp3) is 0.379. The molecule has 1 amide bonds. The number of phosphoric ester groups is 1. The van der Waals surface area contributed by atoms with Crippen molar-refractivity contribution in [1.29, 1.82) is 0 Å². The maximum atomic E-state index is 14.2. The zero-order valence-corrected chi connectivity index (χ0v) is 51.9. The van der Waals surface area contributed by atoms with Gasteiger partial charge in [0.25, 0.3) is 5.91 Å². The van der Waals surface area contributed by atoms with E-state index in [-0.39, 0.29) is 76.5 Å². The van der Waals surface area contributed by atoms with E-state index in [1.165, 1.54) is 63.3 Å². The highest BCUT2D eigenvalue weighted by atomic mass is 31.3. The highest BCUT2D eigenvalue weighted by Gasteiger charge is 2.44. The third-order valence-electron chi connectivity index (χ3n) is 16.6. The Balaban J connectivity index is 0.727. The number of carboxylic acids is 1. The van der Waals surface area contributed by atoms with E-state index in [4.69, 9.17) is 49.3 Å². The smallest absolute Gasteiger partial charge is 0.490 e. The van der Waals surface area contributed by atoms with Crippen LogP contribution in [0.3, 0.4) is 0 Å². The van der Waals surface area contributed by atoms with E-state index >= 15 is 0 Å². The lowest BCUT2D eigenvalue weighted by Crippen LogP contribution is -2.45. The number of nitrogens with zero attached hydrogens (tertiary/aromatic N) is 11. The molecule has 484 valence electrons. The Labute approximate surface area is 527 Å². The number of esters is 1. The van der Waals surface area contributed by atoms with Gasteiger partial charge in [0.2, 0.25) is 5.36 Å². The Hall–Kier alpha value is -8.71. The minimum atomic E-state index is -5.84. The number of nitrogens with two attached hydrogens (primary N) is 1. The number of hydrogen-bond acceptors (Lipinski definition) is 20. The van der Waals surface area contributed by atoms with Crippen molar-refractivity contribution in [1.82, 2.24) is 24.4 Å². The Kier molecular flexibility index (Phi) is 18.5. The van der Waals surface area contributed by atoms with Gasteiger partial charge in [-0.3, -0.25) is 9.32 Å². The number of aromatic carboxylic acids is 1. The van der Waals surface area contributed by atoms with Crippen LogP contribution in [0.1, 0.15) is 114 Å². The van der Waals surface area contributed by atoms with Gasteiger partial charge in [-0.15, -0.1) is 0 Å². The summed E-state index contributed by atoms with van der Waals surface area (Å²) in [6.45, 7) is 1.62. The number of fused-ring (bicyclic) bond motifs is 5. The predicted octanol–water partition coefficient (Wildman–Crippen LogP) is 6.26. The molecule has 1 saturated heterocycles. The molecule has 6 aliphatic rings. The fourth-order valence-electron chi connectivity index (χ4n) is 13.0. The molecular formula is C58H59N13O19P3+. The van der Waals surface area contributed by atoms with E-state index < -0.39 is 79.7 Å². The lowest BCUT2D eigenvalue weighted by atomic mass is 9.81. The molecule has 0 bridgehead atoms. The number of carbonyl (C=O) groups is 3. The molecule has 6 aliphatic heterocycles. The molecule has 0 spiro atoms. The van der Waals surface area contributed by atoms with Crippen LogP contribution in [0.25, 0.3) is 37.5 Å². The minimum Gasteiger partial charge on any atom is -0.492 e. The van der Waals surface area contributed by atoms with Crippen LogP contribution in [0.2, 0.25) is 0 Å². The van der Waals surface area contributed by atoms with Crippen molar-refractivity contribution in [3.63, 3.8) is 0 Å². The van der Waals surface area contributed by atoms with Crippen molar-refractivity contribution in [2.45, 2.75) is 82.8 Å². The van der Waals surface area contributed by atoms with Crippen LogP contribution in [0.5, 0.6) is 17.2 Å². The molecular weight excluding hydrogens is 1280 g/mol. The number of benzene rings is 4. The average molecular weight is 1340 g/mol. The minimum absolute atomic E-state index is 0.0108. The Morgan fingerprint density at radius 3 is 2.42 bits per heavy atom. The van der Waals surface area contributed by atoms with E-state index in [9.17, 15) is 48.5 Å². The van der Waals surface area contributed by atoms with Crippen molar-refractivity contribution in [3.05, 3.63) is 154 Å². The van der Waals surface area contributed by atoms with E-state index in [0.29, 0.717) is 5.56 Å². The molecule has 35 heteroatoms. The van der Waals surface area contributed by atoms with Gasteiger partial charge in [0.1, 0.15) is 73.8 Å². The molecule has 93 heavy (non-hydrogen) atoms. The number of nitrogen functional groups attached to an aromatic ring is 1. The zero-order valence-electron chi connectivity index (χ0n) is 49.2. The van der Waals surface area contributed by atoms with Crippen molar-refractivity contribution >= 4 is 69.4 Å². The zero-order chi connectivity index (χ0) is 65.3. The molecule has 5 atom stereocenters. The van der Waals surface area contributed by atoms with Crippen molar-refractivity contribution in [2.24, 2.45) is 10.2 Å². The lowest BCUT2D eigenvalue weighted by molar-refractivity contribution is -0.0582. The normalized spacial score (nSPS) is 18.9. The number of carbonyl (C=O) groups excluding carboxylic acids is 2. The van der Waals surface area contributed by atoms with Gasteiger partial charge in [0.05, 0.1) is 53.4 Å². The second-order valence-electron chi connectivity index (χ2n) is 22.3. The topological polar surface area (TPSA) is 450 Å². The average Bonchev–Trinajstić information content (AvgIpc) is 1.37. The highest BCUT2D eigenvalue weighted by molar-refractivity contribution is 7.66. The number of anilines is 2. The van der Waals surface area contributed by atoms with Crippen molar-refractivity contribution in [3.8, 4) is 29.1 Å². The standard InChI is InChI=1S/C58H58N13O19P3/c59-54-48-35(28-71(55(48)64-30-63-54)47-26-45(85-31-66-68-61)46(87-47)29-86-92(79,80)90-93(81,82)89-91(76,77)78)8-5-20-84-58(75)38-14-12-37(22-36(38)27-65-67-60)83-21-15-62-56(72)34-11-13-39(57(73)74)42(25-34)49-43-23-32-6-1-16-69-18-3-9-40(50(32)69)52(43)88-53-41-10-4-19-70-17-2-7-33(51(41)70)24-44(49)53/h11-14,22-25,28,30,45-47H,1-4,6-7,9-10,15-21,26-27,29,31H2,(H7-,59,62,63,64,72,73,74,76,77,78,79,80,81,82)/p+1/t45-,46-,47-/m1/s1. The number of carboxylic acid groups (broad SMARTS) is 1. The number of aryl methyl sites for hydroxylation is 2. The van der Waals surface area contributed by atoms with E-state index in [1.807, 2.05) is 0 Å². The monoisotopic (exact) mass is 1330 g/mol. The molecule has 2 aromatic heterocycles. The summed E-state index contributed by atoms with van der Waals surface area (Å²) in [5.41, 5.74) is 33.2. The van der Waals surface area contributed by atoms with Crippen LogP contribution in [-0.4, -0.2) is 129 Å². The Morgan fingerprint density at radius 1 is 0.871 bits per heavy atom. The van der Waals surface area contributed by atoms with Gasteiger partial charge < -0.3 is 68.9 Å². The van der Waals surface area contributed by atoms with Gasteiger partial charge in [0, 0.05) is 87.1 Å². The first-order chi connectivity index (χ1) is 44.7. The van der Waals surface area contributed by atoms with Gasteiger partial charge >= 0.3 is 35.4 Å². The largest absolute Gasteiger partial charge is 0.492 e. The van der Waals surface area contributed by atoms with Crippen LogP contribution in [0.15, 0.2) is 71.3 Å². The van der Waals surface area contributed by atoms with Crippen LogP contribution in [0, 0.1) is 11.8 Å². The molecule has 6 aromatic rings. The summed E-state index contributed by atoms with van der Waals surface area (Å²) in [6.07, 6.45) is 6.46. The summed E-state index contributed by atoms with van der Waals surface area (Å²) in [4.78, 5) is 94.7. The SMILES string of the molecule is [N-]=[N+]=NCO[C@@H]1C[C@H](n2cc(C#CCOC(=O)c3ccc(OCCNC(=O)c4ccc(C(=O)O)c(C5=c6cc7c8c(c6Oc6c5cc5c9c6CCCN9CCC5)CCC[N+]=8CCC7)c4)cc3CN=[N+]=[N-])c3c(N)ncnc32)O[C@@H]1COP(=O)(O)OP(=O)(O)OP(=O)(O)O. The second-order valence-corrected chi connectivity index (χ2v) is 26.7. The van der Waals surface area contributed by atoms with Gasteiger partial charge in [0.15, 0.2) is 6.61 Å². The summed E-state index contributed by atoms with van der Waals surface area (Å²) in [6, 6.07) is 13.4. The molecule has 0 radical (unpaired) electrons. The first-order valence-electron chi connectivity index (χ1n) is 29.4. The molecule has 12 rings (SSSR count). The number of azide groups is 2. The first-order valence-corrected chi connectivity index (χ1v) is 33.9. The van der Waals surface area contributed by atoms with Gasteiger partial charge in [-0.2, -0.15) is 8.62 Å². The fourth-order valence-corrected chi connectivity index (χ4v) is 16.0. The van der Waals surface area contributed by atoms with E-state index in [1.54, 1.807) is 6.07 Å². The summed E-state index contributed by atoms with van der Waals surface area (Å²) >= 11 is 0. The Bertz CT molecular complexity index is 4550. The van der Waals surface area contributed by atoms with Crippen molar-refractivity contribution < 1.29 is 89.6 Å². The number of aromatic nitrogens is 3. The van der Waals surface area contributed by atoms with Crippen LogP contribution >= 0.6 is 23.5 Å². The van der Waals surface area contributed by atoms with Crippen LogP contribution in [0.4, 0.5) is 11.5 Å². The molecule has 4 aromatic carbocycles. The molecule has 2 unspecified atom stereocenters. The number of phosphoric acid groups is 3. The summed E-state index contributed by atoms with van der Waals surface area (Å²) in [5.74, 6) is 4.93. The second kappa shape index (κ2) is 26.7. The summed E-state index contributed by atoms with van der Waals surface area (Å²) < 4.78 is 82.2. The third kappa shape index (κ3) is 13.7.